The minimum Gasteiger partial charge on any atom is -0.311 e. The molecule has 1 aromatic heterocycles. The quantitative estimate of drug-likeness (QED) is 0.476. The minimum atomic E-state index is -3.49. The lowest BCUT2D eigenvalue weighted by atomic mass is 10.1. The second-order valence-corrected chi connectivity index (χ2v) is 12.3. The van der Waals surface area contributed by atoms with Crippen LogP contribution in [0.2, 0.25) is 0 Å². The number of sulfonamides is 1. The Bertz CT molecular complexity index is 1350. The summed E-state index contributed by atoms with van der Waals surface area (Å²) in [5.74, 6) is 0.0810. The lowest BCUT2D eigenvalue weighted by molar-refractivity contribution is -0.117. The Kier molecular flexibility index (Phi) is 6.39. The average molecular weight is 496 g/mol. The fourth-order valence-corrected chi connectivity index (χ4v) is 7.37. The van der Waals surface area contributed by atoms with Crippen molar-refractivity contribution in [1.82, 2.24) is 9.29 Å². The van der Waals surface area contributed by atoms with Crippen molar-refractivity contribution in [2.45, 2.75) is 54.7 Å². The second kappa shape index (κ2) is 9.32. The molecule has 0 bridgehead atoms. The van der Waals surface area contributed by atoms with Gasteiger partial charge in [-0.1, -0.05) is 36.4 Å². The zero-order chi connectivity index (χ0) is 23.9. The van der Waals surface area contributed by atoms with E-state index in [1.54, 1.807) is 22.5 Å². The van der Waals surface area contributed by atoms with E-state index in [0.29, 0.717) is 24.5 Å². The monoisotopic (exact) mass is 495 g/mol. The number of hydrogen-bond donors (Lipinski definition) is 0. The molecule has 0 spiro atoms. The van der Waals surface area contributed by atoms with Gasteiger partial charge in [0.15, 0.2) is 0 Å². The molecule has 1 atom stereocenters. The number of benzene rings is 2. The summed E-state index contributed by atoms with van der Waals surface area (Å²) < 4.78 is 27.8. The van der Waals surface area contributed by atoms with Crippen LogP contribution in [-0.2, 0) is 21.2 Å². The average Bonchev–Trinajstić information content (AvgIpc) is 3.28. The van der Waals surface area contributed by atoms with Gasteiger partial charge in [-0.2, -0.15) is 4.31 Å². The van der Waals surface area contributed by atoms with Crippen molar-refractivity contribution in [2.75, 3.05) is 24.5 Å². The molecule has 3 heterocycles. The van der Waals surface area contributed by atoms with Gasteiger partial charge in [0.25, 0.3) is 0 Å². The lowest BCUT2D eigenvalue weighted by Crippen LogP contribution is -2.35. The van der Waals surface area contributed by atoms with Gasteiger partial charge in [-0.15, -0.1) is 0 Å². The molecule has 178 valence electrons. The number of para-hydroxylation sites is 1. The SMILES string of the molecule is Cc1cc(S[C@@H](C)C(=O)N2CCc3ccccc32)nc2ccc(S(=O)(=O)N3CCCCC3)cc12. The van der Waals surface area contributed by atoms with Crippen molar-refractivity contribution in [3.05, 3.63) is 59.7 Å². The minimum absolute atomic E-state index is 0.0810. The number of fused-ring (bicyclic) bond motifs is 2. The molecule has 0 aliphatic carbocycles. The second-order valence-electron chi connectivity index (χ2n) is 9.05. The molecule has 0 N–H and O–H groups in total. The molecule has 34 heavy (non-hydrogen) atoms. The molecule has 2 aliphatic heterocycles. The molecule has 6 nitrogen and oxygen atoms in total. The van der Waals surface area contributed by atoms with Crippen molar-refractivity contribution < 1.29 is 13.2 Å². The fraction of sp³-hybridized carbons (Fsp3) is 0.385. The van der Waals surface area contributed by atoms with Gasteiger partial charge < -0.3 is 4.90 Å². The number of aryl methyl sites for hydroxylation is 1. The first-order valence-electron chi connectivity index (χ1n) is 11.8. The standard InChI is InChI=1S/C26H29N3O3S2/c1-18-16-25(33-19(2)26(30)29-15-12-20-8-4-5-9-24(20)29)27-23-11-10-21(17-22(18)23)34(31,32)28-13-6-3-7-14-28/h4-5,8-11,16-17,19H,3,6-7,12-15H2,1-2H3/t19-/m0/s1. The van der Waals surface area contributed by atoms with E-state index in [2.05, 4.69) is 6.07 Å². The van der Waals surface area contributed by atoms with Gasteiger partial charge in [-0.25, -0.2) is 13.4 Å². The van der Waals surface area contributed by atoms with E-state index >= 15 is 0 Å². The topological polar surface area (TPSA) is 70.6 Å². The third-order valence-corrected chi connectivity index (χ3v) is 9.62. The first-order chi connectivity index (χ1) is 16.3. The highest BCUT2D eigenvalue weighted by molar-refractivity contribution is 8.00. The maximum Gasteiger partial charge on any atom is 0.243 e. The predicted octanol–water partition coefficient (Wildman–Crippen LogP) is 4.79. The van der Waals surface area contributed by atoms with Gasteiger partial charge >= 0.3 is 0 Å². The normalized spacial score (nSPS) is 17.6. The van der Waals surface area contributed by atoms with E-state index in [1.807, 2.05) is 43.0 Å². The highest BCUT2D eigenvalue weighted by Gasteiger charge is 2.29. The number of nitrogens with zero attached hydrogens (tertiary/aromatic N) is 3. The molecular formula is C26H29N3O3S2. The molecular weight excluding hydrogens is 466 g/mol. The first kappa shape index (κ1) is 23.3. The molecule has 2 aromatic carbocycles. The first-order valence-corrected chi connectivity index (χ1v) is 14.1. The van der Waals surface area contributed by atoms with E-state index < -0.39 is 10.0 Å². The van der Waals surface area contributed by atoms with Gasteiger partial charge in [0.05, 0.1) is 20.7 Å². The predicted molar refractivity (Wildman–Crippen MR) is 137 cm³/mol. The molecule has 1 fully saturated rings. The number of anilines is 1. The van der Waals surface area contributed by atoms with Gasteiger partial charge in [0, 0.05) is 30.7 Å². The third kappa shape index (κ3) is 4.34. The molecule has 1 saturated heterocycles. The van der Waals surface area contributed by atoms with Crippen LogP contribution in [0.25, 0.3) is 10.9 Å². The van der Waals surface area contributed by atoms with E-state index in [-0.39, 0.29) is 11.2 Å². The number of amides is 1. The van der Waals surface area contributed by atoms with Crippen LogP contribution in [0.5, 0.6) is 0 Å². The van der Waals surface area contributed by atoms with Crippen LogP contribution >= 0.6 is 11.8 Å². The van der Waals surface area contributed by atoms with E-state index in [0.717, 1.165) is 52.9 Å². The summed E-state index contributed by atoms with van der Waals surface area (Å²) in [6.07, 6.45) is 3.79. The summed E-state index contributed by atoms with van der Waals surface area (Å²) in [6.45, 7) is 5.76. The summed E-state index contributed by atoms with van der Waals surface area (Å²) in [5.41, 5.74) is 3.91. The summed E-state index contributed by atoms with van der Waals surface area (Å²) in [5, 5.41) is 1.31. The van der Waals surface area contributed by atoms with E-state index in [4.69, 9.17) is 4.98 Å². The van der Waals surface area contributed by atoms with Gasteiger partial charge in [0.2, 0.25) is 15.9 Å². The fourth-order valence-electron chi connectivity index (χ4n) is 4.84. The number of aromatic nitrogens is 1. The summed E-state index contributed by atoms with van der Waals surface area (Å²) >= 11 is 1.45. The number of thioether (sulfide) groups is 1. The molecule has 0 saturated carbocycles. The maximum atomic E-state index is 13.2. The number of rotatable bonds is 5. The lowest BCUT2D eigenvalue weighted by Gasteiger charge is -2.26. The van der Waals surface area contributed by atoms with Crippen LogP contribution in [0.4, 0.5) is 5.69 Å². The van der Waals surface area contributed by atoms with Crippen molar-refractivity contribution in [3.63, 3.8) is 0 Å². The largest absolute Gasteiger partial charge is 0.311 e. The van der Waals surface area contributed by atoms with Crippen molar-refractivity contribution in [1.29, 1.82) is 0 Å². The Labute approximate surface area is 205 Å². The molecule has 0 unspecified atom stereocenters. The highest BCUT2D eigenvalue weighted by Crippen LogP contribution is 2.33. The Balaban J connectivity index is 1.37. The highest BCUT2D eigenvalue weighted by atomic mass is 32.2. The van der Waals surface area contributed by atoms with Crippen LogP contribution in [0, 0.1) is 6.92 Å². The zero-order valence-electron chi connectivity index (χ0n) is 19.5. The smallest absolute Gasteiger partial charge is 0.243 e. The number of pyridine rings is 1. The number of piperidine rings is 1. The third-order valence-electron chi connectivity index (χ3n) is 6.71. The Morgan fingerprint density at radius 3 is 2.59 bits per heavy atom. The molecule has 8 heteroatoms. The van der Waals surface area contributed by atoms with Gasteiger partial charge in [0.1, 0.15) is 0 Å². The molecule has 5 rings (SSSR count). The summed E-state index contributed by atoms with van der Waals surface area (Å²) in [4.78, 5) is 20.1. The number of carbonyl (C=O) groups is 1. The van der Waals surface area contributed by atoms with Crippen LogP contribution in [0.15, 0.2) is 58.5 Å². The Morgan fingerprint density at radius 2 is 1.79 bits per heavy atom. The zero-order valence-corrected chi connectivity index (χ0v) is 21.2. The van der Waals surface area contributed by atoms with Crippen LogP contribution in [-0.4, -0.2) is 48.5 Å². The van der Waals surface area contributed by atoms with Crippen molar-refractivity contribution in [2.24, 2.45) is 0 Å². The summed E-state index contributed by atoms with van der Waals surface area (Å²) in [7, 11) is -3.49. The molecule has 1 amide bonds. The van der Waals surface area contributed by atoms with Crippen molar-refractivity contribution >= 4 is 44.3 Å². The molecule has 3 aromatic rings. The van der Waals surface area contributed by atoms with Gasteiger partial charge in [-0.05, 0) is 74.6 Å². The maximum absolute atomic E-state index is 13.2. The van der Waals surface area contributed by atoms with Crippen LogP contribution < -0.4 is 4.90 Å². The van der Waals surface area contributed by atoms with Gasteiger partial charge in [-0.3, -0.25) is 4.79 Å². The van der Waals surface area contributed by atoms with E-state index in [1.165, 1.54) is 17.3 Å². The molecule has 0 radical (unpaired) electrons. The number of carbonyl (C=O) groups excluding carboxylic acids is 1. The molecule has 2 aliphatic rings. The Morgan fingerprint density at radius 1 is 1.03 bits per heavy atom. The number of hydrogen-bond acceptors (Lipinski definition) is 5. The van der Waals surface area contributed by atoms with Crippen LogP contribution in [0.1, 0.15) is 37.3 Å². The van der Waals surface area contributed by atoms with Crippen LogP contribution in [0.3, 0.4) is 0 Å². The van der Waals surface area contributed by atoms with Crippen molar-refractivity contribution in [3.8, 4) is 0 Å². The summed E-state index contributed by atoms with van der Waals surface area (Å²) in [6, 6.07) is 15.2. The van der Waals surface area contributed by atoms with E-state index in [9.17, 15) is 13.2 Å². The Hall–Kier alpha value is -2.42.